The molecule has 1 aliphatic rings. The van der Waals surface area contributed by atoms with Gasteiger partial charge in [-0.05, 0) is 23.8 Å². The summed E-state index contributed by atoms with van der Waals surface area (Å²) in [7, 11) is 0. The maximum atomic E-state index is 10.1. The Kier molecular flexibility index (Phi) is 6.26. The summed E-state index contributed by atoms with van der Waals surface area (Å²) in [5, 5.41) is 68.4. The largest absolute Gasteiger partial charge is 0.508 e. The molecule has 0 saturated carbocycles. The zero-order chi connectivity index (χ0) is 21.1. The van der Waals surface area contributed by atoms with E-state index < -0.39 is 43.1 Å². The molecule has 9 nitrogen and oxygen atoms in total. The van der Waals surface area contributed by atoms with Crippen LogP contribution in [0.15, 0.2) is 36.4 Å². The Morgan fingerprint density at radius 2 is 1.55 bits per heavy atom. The average molecular weight is 406 g/mol. The van der Waals surface area contributed by atoms with Crippen molar-refractivity contribution < 1.29 is 45.2 Å². The molecule has 0 unspecified atom stereocenters. The van der Waals surface area contributed by atoms with Gasteiger partial charge in [-0.2, -0.15) is 0 Å². The van der Waals surface area contributed by atoms with Gasteiger partial charge in [0.1, 0.15) is 35.9 Å². The van der Waals surface area contributed by atoms with Crippen LogP contribution >= 0.6 is 0 Å². The zero-order valence-corrected chi connectivity index (χ0v) is 15.2. The number of phenolic OH excluding ortho intramolecular Hbond substituents is 3. The highest BCUT2D eigenvalue weighted by Crippen LogP contribution is 2.36. The molecule has 1 heterocycles. The first-order chi connectivity index (χ1) is 13.8. The van der Waals surface area contributed by atoms with Gasteiger partial charge >= 0.3 is 0 Å². The lowest BCUT2D eigenvalue weighted by Gasteiger charge is -2.39. The van der Waals surface area contributed by atoms with Crippen LogP contribution in [0.2, 0.25) is 0 Å². The Bertz CT molecular complexity index is 863. The molecule has 3 rings (SSSR count). The number of benzene rings is 2. The maximum Gasteiger partial charge on any atom is 0.229 e. The van der Waals surface area contributed by atoms with Gasteiger partial charge in [0.05, 0.1) is 6.61 Å². The van der Waals surface area contributed by atoms with Crippen molar-refractivity contribution in [1.29, 1.82) is 0 Å². The monoisotopic (exact) mass is 406 g/mol. The van der Waals surface area contributed by atoms with Gasteiger partial charge in [0.15, 0.2) is 11.5 Å². The van der Waals surface area contributed by atoms with E-state index in [0.717, 1.165) is 11.6 Å². The minimum atomic E-state index is -1.64. The lowest BCUT2D eigenvalue weighted by molar-refractivity contribution is -0.277. The van der Waals surface area contributed by atoms with Crippen molar-refractivity contribution >= 4 is 12.2 Å². The number of aliphatic hydroxyl groups excluding tert-OH is 4. The van der Waals surface area contributed by atoms with Gasteiger partial charge in [-0.1, -0.05) is 24.3 Å². The zero-order valence-electron chi connectivity index (χ0n) is 15.2. The molecule has 9 heteroatoms. The molecule has 1 aliphatic heterocycles. The number of rotatable bonds is 5. The predicted octanol–water partition coefficient (Wildman–Crippen LogP) is 0.152. The molecule has 0 aromatic heterocycles. The van der Waals surface area contributed by atoms with Gasteiger partial charge < -0.3 is 45.2 Å². The lowest BCUT2D eigenvalue weighted by Crippen LogP contribution is -2.60. The van der Waals surface area contributed by atoms with Gasteiger partial charge in [-0.25, -0.2) is 0 Å². The van der Waals surface area contributed by atoms with Crippen molar-refractivity contribution in [3.8, 4) is 23.0 Å². The maximum absolute atomic E-state index is 10.1. The van der Waals surface area contributed by atoms with E-state index in [1.807, 2.05) is 0 Å². The van der Waals surface area contributed by atoms with E-state index in [1.54, 1.807) is 24.3 Å². The summed E-state index contributed by atoms with van der Waals surface area (Å²) in [4.78, 5) is 0. The number of hydrogen-bond donors (Lipinski definition) is 7. The van der Waals surface area contributed by atoms with Crippen LogP contribution in [0.25, 0.3) is 12.2 Å². The number of hydrogen-bond acceptors (Lipinski definition) is 9. The quantitative estimate of drug-likeness (QED) is 0.343. The highest BCUT2D eigenvalue weighted by molar-refractivity contribution is 5.74. The molecule has 1 saturated heterocycles. The topological polar surface area (TPSA) is 160 Å². The van der Waals surface area contributed by atoms with Crippen LogP contribution in [0.5, 0.6) is 23.0 Å². The van der Waals surface area contributed by atoms with Crippen molar-refractivity contribution in [1.82, 2.24) is 0 Å². The van der Waals surface area contributed by atoms with E-state index >= 15 is 0 Å². The SMILES string of the molecule is OC[C@H]1O[C@@H](Oc2cc(C=Cc3ccc(O)cc3)c(O)cc2O)[C@H](O)[C@@H](O)[C@@H]1O. The predicted molar refractivity (Wildman–Crippen MR) is 101 cm³/mol. The molecular weight excluding hydrogens is 384 g/mol. The molecule has 0 amide bonds. The Morgan fingerprint density at radius 1 is 0.862 bits per heavy atom. The minimum absolute atomic E-state index is 0.116. The molecule has 1 fully saturated rings. The second kappa shape index (κ2) is 8.68. The van der Waals surface area contributed by atoms with Gasteiger partial charge in [-0.3, -0.25) is 0 Å². The Balaban J connectivity index is 1.82. The summed E-state index contributed by atoms with van der Waals surface area (Å²) in [6.07, 6.45) is -4.24. The lowest BCUT2D eigenvalue weighted by atomic mass is 9.99. The van der Waals surface area contributed by atoms with E-state index in [-0.39, 0.29) is 22.8 Å². The van der Waals surface area contributed by atoms with E-state index in [0.29, 0.717) is 0 Å². The molecule has 29 heavy (non-hydrogen) atoms. The summed E-state index contributed by atoms with van der Waals surface area (Å²) in [6.45, 7) is -0.618. The standard InChI is InChI=1S/C20H22O9/c21-9-16-17(25)18(26)19(27)20(29-16)28-15-7-11(13(23)8-14(15)24)4-1-10-2-5-12(22)6-3-10/h1-8,16-27H,9H2/t16-,17-,18+,19-,20-/m1/s1. The molecule has 7 N–H and O–H groups in total. The third-order valence-corrected chi connectivity index (χ3v) is 4.55. The second-order valence-electron chi connectivity index (χ2n) is 6.62. The van der Waals surface area contributed by atoms with Crippen LogP contribution in [-0.2, 0) is 4.74 Å². The van der Waals surface area contributed by atoms with E-state index in [4.69, 9.17) is 9.47 Å². The number of ether oxygens (including phenoxy) is 2. The van der Waals surface area contributed by atoms with Gasteiger partial charge in [0.2, 0.25) is 6.29 Å². The molecule has 0 radical (unpaired) electrons. The van der Waals surface area contributed by atoms with Crippen molar-refractivity contribution in [2.75, 3.05) is 6.61 Å². The molecule has 156 valence electrons. The summed E-state index contributed by atoms with van der Waals surface area (Å²) in [5.74, 6) is -0.720. The fraction of sp³-hybridized carbons (Fsp3) is 0.300. The fourth-order valence-corrected chi connectivity index (χ4v) is 2.86. The molecule has 0 bridgehead atoms. The Hall–Kier alpha value is -2.82. The van der Waals surface area contributed by atoms with Crippen LogP contribution in [0.1, 0.15) is 11.1 Å². The van der Waals surface area contributed by atoms with Crippen molar-refractivity contribution in [2.24, 2.45) is 0 Å². The van der Waals surface area contributed by atoms with E-state index in [2.05, 4.69) is 0 Å². The fourth-order valence-electron chi connectivity index (χ4n) is 2.86. The molecular formula is C20H22O9. The van der Waals surface area contributed by atoms with E-state index in [9.17, 15) is 35.7 Å². The molecule has 2 aromatic rings. The normalized spacial score (nSPS) is 27.2. The van der Waals surface area contributed by atoms with Gasteiger partial charge in [0.25, 0.3) is 0 Å². The first kappa shape index (κ1) is 20.9. The summed E-state index contributed by atoms with van der Waals surface area (Å²) < 4.78 is 10.7. The van der Waals surface area contributed by atoms with E-state index in [1.165, 1.54) is 18.2 Å². The van der Waals surface area contributed by atoms with Crippen LogP contribution in [0.3, 0.4) is 0 Å². The smallest absolute Gasteiger partial charge is 0.229 e. The average Bonchev–Trinajstić information content (AvgIpc) is 2.70. The summed E-state index contributed by atoms with van der Waals surface area (Å²) >= 11 is 0. The molecule has 0 spiro atoms. The number of aliphatic hydroxyl groups is 4. The summed E-state index contributed by atoms with van der Waals surface area (Å²) in [6, 6.07) is 8.66. The number of aromatic hydroxyl groups is 3. The molecule has 5 atom stereocenters. The first-order valence-corrected chi connectivity index (χ1v) is 8.80. The third-order valence-electron chi connectivity index (χ3n) is 4.55. The molecule has 0 aliphatic carbocycles. The van der Waals surface area contributed by atoms with Gasteiger partial charge in [-0.15, -0.1) is 0 Å². The first-order valence-electron chi connectivity index (χ1n) is 8.80. The molecule has 2 aromatic carbocycles. The second-order valence-corrected chi connectivity index (χ2v) is 6.62. The number of phenols is 3. The van der Waals surface area contributed by atoms with Gasteiger partial charge in [0, 0.05) is 11.6 Å². The van der Waals surface area contributed by atoms with Crippen molar-refractivity contribution in [3.63, 3.8) is 0 Å². The Labute approximate surface area is 165 Å². The van der Waals surface area contributed by atoms with Crippen LogP contribution in [0, 0.1) is 0 Å². The van der Waals surface area contributed by atoms with Crippen LogP contribution < -0.4 is 4.74 Å². The summed E-state index contributed by atoms with van der Waals surface area (Å²) in [5.41, 5.74) is 1.02. The highest BCUT2D eigenvalue weighted by Gasteiger charge is 2.44. The van der Waals surface area contributed by atoms with Crippen molar-refractivity contribution in [2.45, 2.75) is 30.7 Å². The third kappa shape index (κ3) is 4.61. The van der Waals surface area contributed by atoms with Crippen LogP contribution in [0.4, 0.5) is 0 Å². The highest BCUT2D eigenvalue weighted by atomic mass is 16.7. The Morgan fingerprint density at radius 3 is 2.21 bits per heavy atom. The van der Waals surface area contributed by atoms with Crippen molar-refractivity contribution in [3.05, 3.63) is 47.5 Å². The van der Waals surface area contributed by atoms with Crippen LogP contribution in [-0.4, -0.2) is 73.1 Å². The minimum Gasteiger partial charge on any atom is -0.508 e.